The molecule has 1 N–H and O–H groups in total. The number of benzene rings is 1. The zero-order chi connectivity index (χ0) is 17.0. The van der Waals surface area contributed by atoms with Crippen LogP contribution in [0, 0.1) is 0 Å². The lowest BCUT2D eigenvalue weighted by molar-refractivity contribution is 0.0696. The van der Waals surface area contributed by atoms with Gasteiger partial charge in [-0.3, -0.25) is 4.98 Å². The van der Waals surface area contributed by atoms with Gasteiger partial charge >= 0.3 is 5.97 Å². The maximum absolute atomic E-state index is 10.9. The Bertz CT molecular complexity index is 613. The number of pyridine rings is 1. The van der Waals surface area contributed by atoms with Gasteiger partial charge in [0.1, 0.15) is 5.75 Å². The minimum absolute atomic E-state index is 0.318. The van der Waals surface area contributed by atoms with E-state index in [4.69, 9.17) is 9.84 Å². The predicted molar refractivity (Wildman–Crippen MR) is 94.5 cm³/mol. The topological polar surface area (TPSA) is 59.4 Å². The maximum Gasteiger partial charge on any atom is 0.335 e. The van der Waals surface area contributed by atoms with Crippen LogP contribution in [0.5, 0.6) is 5.75 Å². The molecule has 0 bridgehead atoms. The Morgan fingerprint density at radius 3 is 2.42 bits per heavy atom. The second-order valence-electron chi connectivity index (χ2n) is 5.87. The van der Waals surface area contributed by atoms with Crippen molar-refractivity contribution >= 4 is 5.97 Å². The second kappa shape index (κ2) is 10.4. The average Bonchev–Trinajstić information content (AvgIpc) is 2.61. The molecule has 128 valence electrons. The number of aryl methyl sites for hydroxylation is 1. The van der Waals surface area contributed by atoms with E-state index in [9.17, 15) is 4.79 Å². The first kappa shape index (κ1) is 18.0. The molecule has 2 aromatic rings. The third-order valence-corrected chi connectivity index (χ3v) is 3.90. The minimum atomic E-state index is -0.892. The molecular formula is C20H25NO3. The fourth-order valence-electron chi connectivity index (χ4n) is 2.57. The summed E-state index contributed by atoms with van der Waals surface area (Å²) in [4.78, 5) is 15.1. The summed E-state index contributed by atoms with van der Waals surface area (Å²) in [5.41, 5.74) is 1.18. The number of nitrogens with zero attached hydrogens (tertiary/aromatic N) is 1. The molecule has 0 aliphatic heterocycles. The van der Waals surface area contributed by atoms with Crippen molar-refractivity contribution in [1.82, 2.24) is 4.98 Å². The highest BCUT2D eigenvalue weighted by molar-refractivity contribution is 5.87. The number of aromatic nitrogens is 1. The first-order chi connectivity index (χ1) is 11.8. The second-order valence-corrected chi connectivity index (χ2v) is 5.87. The summed E-state index contributed by atoms with van der Waals surface area (Å²) < 4.78 is 5.67. The molecule has 0 spiro atoms. The molecule has 0 unspecified atom stereocenters. The highest BCUT2D eigenvalue weighted by Crippen LogP contribution is 2.12. The van der Waals surface area contributed by atoms with Gasteiger partial charge in [0.2, 0.25) is 0 Å². The minimum Gasteiger partial charge on any atom is -0.494 e. The zero-order valence-electron chi connectivity index (χ0n) is 14.0. The van der Waals surface area contributed by atoms with Crippen LogP contribution in [0.25, 0.3) is 0 Å². The number of hydrogen-bond acceptors (Lipinski definition) is 3. The quantitative estimate of drug-likeness (QED) is 0.605. The van der Waals surface area contributed by atoms with Crippen LogP contribution < -0.4 is 4.74 Å². The first-order valence-corrected chi connectivity index (χ1v) is 8.62. The third kappa shape index (κ3) is 6.82. The van der Waals surface area contributed by atoms with Gasteiger partial charge in [0, 0.05) is 11.9 Å². The standard InChI is InChI=1S/C20H25NO3/c22-20(23)17-13-14-21-18(16-17)10-6-3-1-2-4-9-15-24-19-11-7-5-8-12-19/h5,7-8,11-14,16H,1-4,6,9-10,15H2,(H,22,23). The Morgan fingerprint density at radius 2 is 1.67 bits per heavy atom. The number of hydrogen-bond donors (Lipinski definition) is 1. The van der Waals surface area contributed by atoms with Crippen LogP contribution in [0.2, 0.25) is 0 Å². The van der Waals surface area contributed by atoms with Gasteiger partial charge in [0.05, 0.1) is 12.2 Å². The van der Waals surface area contributed by atoms with Gasteiger partial charge in [-0.25, -0.2) is 4.79 Å². The molecule has 0 saturated carbocycles. The average molecular weight is 327 g/mol. The van der Waals surface area contributed by atoms with Crippen LogP contribution in [-0.4, -0.2) is 22.7 Å². The summed E-state index contributed by atoms with van der Waals surface area (Å²) in [7, 11) is 0. The van der Waals surface area contributed by atoms with Crippen molar-refractivity contribution in [2.75, 3.05) is 6.61 Å². The molecular weight excluding hydrogens is 302 g/mol. The number of ether oxygens (including phenoxy) is 1. The normalized spacial score (nSPS) is 10.5. The van der Waals surface area contributed by atoms with E-state index in [2.05, 4.69) is 4.98 Å². The molecule has 0 radical (unpaired) electrons. The molecule has 0 saturated heterocycles. The number of carboxylic acids is 1. The van der Waals surface area contributed by atoms with Crippen LogP contribution in [0.1, 0.15) is 54.6 Å². The van der Waals surface area contributed by atoms with E-state index in [1.54, 1.807) is 12.3 Å². The van der Waals surface area contributed by atoms with Crippen molar-refractivity contribution in [3.05, 3.63) is 59.9 Å². The lowest BCUT2D eigenvalue weighted by Crippen LogP contribution is -1.99. The van der Waals surface area contributed by atoms with E-state index < -0.39 is 5.97 Å². The summed E-state index contributed by atoms with van der Waals surface area (Å²) in [6.45, 7) is 0.774. The Morgan fingerprint density at radius 1 is 0.958 bits per heavy atom. The van der Waals surface area contributed by atoms with E-state index in [-0.39, 0.29) is 0 Å². The van der Waals surface area contributed by atoms with E-state index in [1.165, 1.54) is 25.3 Å². The molecule has 4 heteroatoms. The highest BCUT2D eigenvalue weighted by Gasteiger charge is 2.04. The number of rotatable bonds is 11. The van der Waals surface area contributed by atoms with Gasteiger partial charge in [0.15, 0.2) is 0 Å². The molecule has 1 heterocycles. The van der Waals surface area contributed by atoms with Crippen molar-refractivity contribution < 1.29 is 14.6 Å². The van der Waals surface area contributed by atoms with E-state index >= 15 is 0 Å². The number of para-hydroxylation sites is 1. The Hall–Kier alpha value is -2.36. The lowest BCUT2D eigenvalue weighted by atomic mass is 10.1. The number of aromatic carboxylic acids is 1. The smallest absolute Gasteiger partial charge is 0.335 e. The molecule has 0 aliphatic carbocycles. The third-order valence-electron chi connectivity index (χ3n) is 3.90. The molecule has 2 rings (SSSR count). The maximum atomic E-state index is 10.9. The van der Waals surface area contributed by atoms with E-state index in [0.717, 1.165) is 43.7 Å². The van der Waals surface area contributed by atoms with Crippen molar-refractivity contribution in [3.63, 3.8) is 0 Å². The van der Waals surface area contributed by atoms with Crippen LogP contribution in [0.15, 0.2) is 48.7 Å². The fraction of sp³-hybridized carbons (Fsp3) is 0.400. The van der Waals surface area contributed by atoms with Gasteiger partial charge in [-0.05, 0) is 43.5 Å². The van der Waals surface area contributed by atoms with Crippen LogP contribution in [-0.2, 0) is 6.42 Å². The zero-order valence-corrected chi connectivity index (χ0v) is 14.0. The summed E-state index contributed by atoms with van der Waals surface area (Å²) in [5.74, 6) is 0.0463. The van der Waals surface area contributed by atoms with E-state index in [1.807, 2.05) is 30.3 Å². The van der Waals surface area contributed by atoms with Crippen LogP contribution in [0.4, 0.5) is 0 Å². The van der Waals surface area contributed by atoms with Crippen molar-refractivity contribution in [2.45, 2.75) is 44.9 Å². The Balaban J connectivity index is 1.48. The Labute approximate surface area is 143 Å². The monoisotopic (exact) mass is 327 g/mol. The molecule has 0 atom stereocenters. The summed E-state index contributed by atoms with van der Waals surface area (Å²) >= 11 is 0. The number of unbranched alkanes of at least 4 members (excludes halogenated alkanes) is 5. The number of carbonyl (C=O) groups is 1. The SMILES string of the molecule is O=C(O)c1ccnc(CCCCCCCCOc2ccccc2)c1. The van der Waals surface area contributed by atoms with Gasteiger partial charge in [-0.1, -0.05) is 43.9 Å². The first-order valence-electron chi connectivity index (χ1n) is 8.62. The Kier molecular flexibility index (Phi) is 7.81. The van der Waals surface area contributed by atoms with Crippen molar-refractivity contribution in [2.24, 2.45) is 0 Å². The number of carboxylic acid groups (broad SMARTS) is 1. The van der Waals surface area contributed by atoms with E-state index in [0.29, 0.717) is 5.56 Å². The molecule has 1 aromatic heterocycles. The van der Waals surface area contributed by atoms with Crippen LogP contribution >= 0.6 is 0 Å². The van der Waals surface area contributed by atoms with Crippen LogP contribution in [0.3, 0.4) is 0 Å². The predicted octanol–water partition coefficient (Wildman–Crippen LogP) is 4.74. The molecule has 4 nitrogen and oxygen atoms in total. The summed E-state index contributed by atoms with van der Waals surface area (Å²) in [6.07, 6.45) is 9.29. The van der Waals surface area contributed by atoms with Gasteiger partial charge in [-0.15, -0.1) is 0 Å². The lowest BCUT2D eigenvalue weighted by Gasteiger charge is -2.06. The highest BCUT2D eigenvalue weighted by atomic mass is 16.5. The van der Waals surface area contributed by atoms with Gasteiger partial charge in [-0.2, -0.15) is 0 Å². The summed E-state index contributed by atoms with van der Waals surface area (Å²) in [6, 6.07) is 13.1. The van der Waals surface area contributed by atoms with Gasteiger partial charge in [0.25, 0.3) is 0 Å². The van der Waals surface area contributed by atoms with Crippen molar-refractivity contribution in [3.8, 4) is 5.75 Å². The molecule has 0 amide bonds. The molecule has 0 aliphatic rings. The fourth-order valence-corrected chi connectivity index (χ4v) is 2.57. The molecule has 0 fully saturated rings. The summed E-state index contributed by atoms with van der Waals surface area (Å²) in [5, 5.41) is 8.96. The molecule has 24 heavy (non-hydrogen) atoms. The largest absolute Gasteiger partial charge is 0.494 e. The molecule has 1 aromatic carbocycles. The van der Waals surface area contributed by atoms with Gasteiger partial charge < -0.3 is 9.84 Å². The van der Waals surface area contributed by atoms with Crippen molar-refractivity contribution in [1.29, 1.82) is 0 Å².